The molecule has 59 heavy (non-hydrogen) atoms. The highest BCUT2D eigenvalue weighted by Crippen LogP contribution is 2.36. The average Bonchev–Trinajstić information content (AvgIpc) is 3.90. The molecular weight excluding hydrogens is 759 g/mol. The fourth-order valence-electron chi connectivity index (χ4n) is 6.36. The van der Waals surface area contributed by atoms with Crippen LogP contribution in [0.15, 0.2) is 104 Å². The molecule has 0 bridgehead atoms. The zero-order valence-electron chi connectivity index (χ0n) is 32.6. The summed E-state index contributed by atoms with van der Waals surface area (Å²) in [5.41, 5.74) is 8.80. The molecule has 0 spiro atoms. The first-order valence-corrected chi connectivity index (χ1v) is 18.2. The Bertz CT molecular complexity index is 2840. The molecule has 300 valence electrons. The number of nitrogens with zero attached hydrogens (tertiary/aromatic N) is 2. The molecule has 0 aliphatic carbocycles. The number of carbonyl (C=O) groups is 3. The topological polar surface area (TPSA) is 200 Å². The lowest BCUT2D eigenvalue weighted by Crippen LogP contribution is -2.22. The molecule has 0 saturated carbocycles. The molecule has 16 nitrogen and oxygen atoms in total. The van der Waals surface area contributed by atoms with Gasteiger partial charge in [-0.05, 0) is 79.7 Å². The number of carbonyl (C=O) groups excluding carboxylic acids is 3. The van der Waals surface area contributed by atoms with Gasteiger partial charge in [0, 0.05) is 69.8 Å². The van der Waals surface area contributed by atoms with E-state index < -0.39 is 11.8 Å². The Kier molecular flexibility index (Phi) is 11.8. The van der Waals surface area contributed by atoms with E-state index in [1.807, 2.05) is 49.5 Å². The fraction of sp³-hybridized carbons (Fsp3) is 0.140. The van der Waals surface area contributed by atoms with Crippen molar-refractivity contribution in [2.24, 2.45) is 0 Å². The summed E-state index contributed by atoms with van der Waals surface area (Å²) in [5.74, 6) is 2.10. The van der Waals surface area contributed by atoms with E-state index >= 15 is 0 Å². The number of pyridine rings is 2. The summed E-state index contributed by atoms with van der Waals surface area (Å²) >= 11 is 0. The Labute approximate surface area is 336 Å². The van der Waals surface area contributed by atoms with Crippen LogP contribution >= 0.6 is 0 Å². The zero-order valence-corrected chi connectivity index (χ0v) is 32.6. The number of methoxy groups -OCH3 is 2. The van der Waals surface area contributed by atoms with Gasteiger partial charge in [0.25, 0.3) is 17.7 Å². The molecular formula is C43H39N7O9. The van der Waals surface area contributed by atoms with Gasteiger partial charge in [0.1, 0.15) is 40.2 Å². The molecule has 0 fully saturated rings. The van der Waals surface area contributed by atoms with E-state index in [1.54, 1.807) is 60.9 Å². The van der Waals surface area contributed by atoms with Gasteiger partial charge in [0.2, 0.25) is 0 Å². The van der Waals surface area contributed by atoms with Crippen molar-refractivity contribution in [3.8, 4) is 34.5 Å². The summed E-state index contributed by atoms with van der Waals surface area (Å²) < 4.78 is 22.9. The van der Waals surface area contributed by atoms with Crippen molar-refractivity contribution < 1.29 is 43.0 Å². The van der Waals surface area contributed by atoms with Crippen LogP contribution in [0.1, 0.15) is 38.1 Å². The van der Waals surface area contributed by atoms with Crippen molar-refractivity contribution in [1.82, 2.24) is 36.2 Å². The molecule has 5 N–H and O–H groups in total. The Morgan fingerprint density at radius 2 is 1.14 bits per heavy atom. The van der Waals surface area contributed by atoms with Crippen LogP contribution in [0.3, 0.4) is 0 Å². The van der Waals surface area contributed by atoms with Crippen molar-refractivity contribution in [3.63, 3.8) is 0 Å². The smallest absolute Gasteiger partial charge is 0.278 e. The Hall–Kier alpha value is -7.69. The lowest BCUT2D eigenvalue weighted by atomic mass is 10.1. The number of fused-ring (bicyclic) bond motifs is 4. The van der Waals surface area contributed by atoms with Gasteiger partial charge in [-0.2, -0.15) is 0 Å². The van der Waals surface area contributed by atoms with E-state index in [1.165, 1.54) is 28.4 Å². The lowest BCUT2D eigenvalue weighted by molar-refractivity contribution is 0.0530. The van der Waals surface area contributed by atoms with E-state index in [4.69, 9.17) is 28.6 Å². The average molecular weight is 798 g/mol. The summed E-state index contributed by atoms with van der Waals surface area (Å²) in [6.45, 7) is 2.41. The third-order valence-corrected chi connectivity index (χ3v) is 9.08. The molecule has 4 aromatic heterocycles. The van der Waals surface area contributed by atoms with E-state index in [0.717, 1.165) is 21.8 Å². The van der Waals surface area contributed by atoms with E-state index in [0.29, 0.717) is 74.1 Å². The third-order valence-electron chi connectivity index (χ3n) is 9.08. The van der Waals surface area contributed by atoms with Gasteiger partial charge in [-0.25, -0.2) is 11.0 Å². The molecule has 3 amide bonds. The van der Waals surface area contributed by atoms with Crippen LogP contribution in [0.4, 0.5) is 0 Å². The number of hydrogen-bond donors (Lipinski definition) is 5. The van der Waals surface area contributed by atoms with Crippen LogP contribution < -0.4 is 35.2 Å². The Morgan fingerprint density at radius 3 is 1.66 bits per heavy atom. The van der Waals surface area contributed by atoms with Crippen molar-refractivity contribution in [3.05, 3.63) is 120 Å². The van der Waals surface area contributed by atoms with Crippen LogP contribution in [-0.4, -0.2) is 72.6 Å². The maximum atomic E-state index is 12.4. The number of H-pyrrole nitrogens is 2. The van der Waals surface area contributed by atoms with Gasteiger partial charge in [-0.1, -0.05) is 0 Å². The Morgan fingerprint density at radius 1 is 0.593 bits per heavy atom. The van der Waals surface area contributed by atoms with Crippen molar-refractivity contribution >= 4 is 61.3 Å². The summed E-state index contributed by atoms with van der Waals surface area (Å²) in [6, 6.07) is 25.2. The second-order valence-electron chi connectivity index (χ2n) is 12.8. The minimum atomic E-state index is -0.451. The predicted molar refractivity (Wildman–Crippen MR) is 220 cm³/mol. The maximum Gasteiger partial charge on any atom is 0.278 e. The molecule has 8 rings (SSSR count). The number of aromatic amines is 2. The molecule has 0 aliphatic heterocycles. The van der Waals surface area contributed by atoms with Gasteiger partial charge in [0.15, 0.2) is 0 Å². The first-order valence-electron chi connectivity index (χ1n) is 18.2. The molecule has 0 aliphatic rings. The van der Waals surface area contributed by atoms with Crippen molar-refractivity contribution in [2.45, 2.75) is 6.92 Å². The maximum absolute atomic E-state index is 12.4. The van der Waals surface area contributed by atoms with Gasteiger partial charge < -0.3 is 34.2 Å². The summed E-state index contributed by atoms with van der Waals surface area (Å²) in [6.07, 6.45) is 5.15. The highest BCUT2D eigenvalue weighted by Gasteiger charge is 2.19. The number of aromatic nitrogens is 4. The quantitative estimate of drug-likeness (QED) is 0.0774. The number of hydroxylamine groups is 2. The van der Waals surface area contributed by atoms with E-state index in [9.17, 15) is 14.4 Å². The second kappa shape index (κ2) is 17.6. The number of ether oxygens (including phenoxy) is 4. The zero-order chi connectivity index (χ0) is 41.5. The second-order valence-corrected chi connectivity index (χ2v) is 12.8. The molecule has 0 atom stereocenters. The number of nitrogens with one attached hydrogen (secondary N) is 5. The van der Waals surface area contributed by atoms with Gasteiger partial charge in [-0.15, -0.1) is 0 Å². The predicted octanol–water partition coefficient (Wildman–Crippen LogP) is 7.37. The van der Waals surface area contributed by atoms with Gasteiger partial charge >= 0.3 is 0 Å². The van der Waals surface area contributed by atoms with Crippen molar-refractivity contribution in [1.29, 1.82) is 0 Å². The largest absolute Gasteiger partial charge is 0.496 e. The Balaban J connectivity index is 0.000000181. The molecule has 0 radical (unpaired) electrons. The van der Waals surface area contributed by atoms with Crippen molar-refractivity contribution in [2.75, 3.05) is 35.0 Å². The number of amides is 3. The number of rotatable bonds is 12. The molecule has 16 heteroatoms. The number of hydrogen-bond acceptors (Lipinski definition) is 11. The van der Waals surface area contributed by atoms with E-state index in [-0.39, 0.29) is 11.5 Å². The van der Waals surface area contributed by atoms with Crippen LogP contribution in [0, 0.1) is 0 Å². The minimum absolute atomic E-state index is 0.165. The lowest BCUT2D eigenvalue weighted by Gasteiger charge is -2.13. The van der Waals surface area contributed by atoms with Crippen LogP contribution in [0.5, 0.6) is 34.5 Å². The molecule has 4 aromatic carbocycles. The minimum Gasteiger partial charge on any atom is -0.496 e. The van der Waals surface area contributed by atoms with Gasteiger partial charge in [0.05, 0.1) is 50.6 Å². The summed E-state index contributed by atoms with van der Waals surface area (Å²) in [4.78, 5) is 61.2. The molecule has 0 unspecified atom stereocenters. The molecule has 0 saturated heterocycles. The molecule has 4 heterocycles. The van der Waals surface area contributed by atoms with Gasteiger partial charge in [-0.3, -0.25) is 34.0 Å². The molecule has 8 aromatic rings. The first-order chi connectivity index (χ1) is 28.7. The van der Waals surface area contributed by atoms with Crippen LogP contribution in [0.25, 0.3) is 43.6 Å². The first kappa shape index (κ1) is 39.5. The highest BCUT2D eigenvalue weighted by molar-refractivity contribution is 6.03. The normalized spacial score (nSPS) is 10.9. The third kappa shape index (κ3) is 8.53. The van der Waals surface area contributed by atoms with Crippen LogP contribution in [0.2, 0.25) is 0 Å². The fourth-order valence-corrected chi connectivity index (χ4v) is 6.36. The SMILES string of the molecule is CCNC(=O)c1cc2cc(Oc3ccnc4cc(OC)c(C(=O)NOC)cc34)ccc2[nH]1.CONC(=O)c1cc2c(Oc3ccc4[nH]ccc4c3)ccnc2cc1OC. The van der Waals surface area contributed by atoms with Crippen LogP contribution in [-0.2, 0) is 9.68 Å². The van der Waals surface area contributed by atoms with E-state index in [2.05, 4.69) is 36.2 Å². The highest BCUT2D eigenvalue weighted by atomic mass is 16.6. The standard InChI is InChI=1S/C23H22N4O5.C20H17N3O4/c1-4-24-23(29)19-10-13-9-14(5-6-17(13)26-19)32-20-7-8-25-18-12-21(30-2)16(11-15(18)20)22(28)27-31-3;1-25-19-11-17-14(10-15(19)20(24)23-26-2)18(6-8-22-17)27-13-3-4-16-12(9-13)5-7-21-16/h5-12,26H,4H2,1-3H3,(H,24,29)(H,27,28);3-11,21H,1-2H3,(H,23,24). The summed E-state index contributed by atoms with van der Waals surface area (Å²) in [7, 11) is 5.71. The number of benzene rings is 4. The monoisotopic (exact) mass is 797 g/mol. The summed E-state index contributed by atoms with van der Waals surface area (Å²) in [5, 5.41) is 5.98.